The topological polar surface area (TPSA) is 104 Å². The van der Waals surface area contributed by atoms with E-state index >= 15 is 0 Å². The molecule has 1 fully saturated rings. The molecule has 0 N–H and O–H groups in total. The van der Waals surface area contributed by atoms with Gasteiger partial charge in [-0.1, -0.05) is 42.5 Å². The third-order valence-corrected chi connectivity index (χ3v) is 7.25. The van der Waals surface area contributed by atoms with Crippen LogP contribution in [0.5, 0.6) is 0 Å². The highest BCUT2D eigenvalue weighted by Crippen LogP contribution is 2.26. The van der Waals surface area contributed by atoms with Crippen molar-refractivity contribution in [1.29, 1.82) is 0 Å². The number of benzene rings is 2. The fraction of sp³-hybridized carbons (Fsp3) is 0.214. The summed E-state index contributed by atoms with van der Waals surface area (Å²) in [5, 5.41) is 1.14. The van der Waals surface area contributed by atoms with Crippen LogP contribution in [0.2, 0.25) is 0 Å². The van der Waals surface area contributed by atoms with Gasteiger partial charge in [-0.15, -0.1) is 0 Å². The third-order valence-electron chi connectivity index (χ3n) is 3.37. The van der Waals surface area contributed by atoms with Crippen LogP contribution in [0, 0.1) is 0 Å². The van der Waals surface area contributed by atoms with Crippen LogP contribution in [-0.2, 0) is 28.6 Å². The lowest BCUT2D eigenvalue weighted by atomic mass is 10.0. The molecular weight excluding hydrogens is 344 g/mol. The molecule has 1 aliphatic rings. The lowest BCUT2D eigenvalue weighted by Crippen LogP contribution is -2.38. The first kappa shape index (κ1) is 16.1. The summed E-state index contributed by atoms with van der Waals surface area (Å²) in [5.74, 6) is -1.09. The Morgan fingerprint density at radius 1 is 0.870 bits per heavy atom. The number of Topliss-reactive ketones (excluding diaryl/α,β-unsaturated/α-hetero) is 1. The Bertz CT molecular complexity index is 936. The minimum absolute atomic E-state index is 0.0191. The predicted octanol–water partition coefficient (Wildman–Crippen LogP) is 1.05. The number of rotatable bonds is 2. The number of ketones is 1. The number of carbonyl (C=O) groups is 1. The summed E-state index contributed by atoms with van der Waals surface area (Å²) >= 11 is 0. The van der Waals surface area contributed by atoms with Crippen molar-refractivity contribution in [2.75, 3.05) is 13.2 Å². The molecule has 1 heterocycles. The van der Waals surface area contributed by atoms with Gasteiger partial charge in [0.15, 0.2) is 0 Å². The molecule has 3 rings (SSSR count). The molecular formula is C14H12O7S2. The van der Waals surface area contributed by atoms with Crippen molar-refractivity contribution in [3.8, 4) is 0 Å². The zero-order chi connectivity index (χ0) is 16.7. The molecule has 2 aromatic carbocycles. The lowest BCUT2D eigenvalue weighted by molar-refractivity contribution is 0.100. The van der Waals surface area contributed by atoms with Crippen LogP contribution >= 0.6 is 0 Å². The van der Waals surface area contributed by atoms with Gasteiger partial charge in [-0.25, -0.2) is 0 Å². The zero-order valence-corrected chi connectivity index (χ0v) is 13.3. The zero-order valence-electron chi connectivity index (χ0n) is 11.7. The Labute approximate surface area is 133 Å². The van der Waals surface area contributed by atoms with E-state index < -0.39 is 43.8 Å². The van der Waals surface area contributed by atoms with Crippen LogP contribution in [0.3, 0.4) is 0 Å². The Hall–Kier alpha value is -1.81. The summed E-state index contributed by atoms with van der Waals surface area (Å²) in [6, 6.07) is 11.4. The molecule has 0 spiro atoms. The van der Waals surface area contributed by atoms with Gasteiger partial charge in [0.05, 0.1) is 13.2 Å². The van der Waals surface area contributed by atoms with Crippen LogP contribution in [-0.4, -0.2) is 40.4 Å². The molecule has 0 radical (unpaired) electrons. The maximum absolute atomic E-state index is 12.7. The van der Waals surface area contributed by atoms with E-state index in [0.717, 1.165) is 0 Å². The predicted molar refractivity (Wildman–Crippen MR) is 81.8 cm³/mol. The van der Waals surface area contributed by atoms with E-state index in [1.54, 1.807) is 36.4 Å². The van der Waals surface area contributed by atoms with Crippen molar-refractivity contribution >= 4 is 36.8 Å². The highest BCUT2D eigenvalue weighted by atomic mass is 32.3. The van der Waals surface area contributed by atoms with E-state index in [-0.39, 0.29) is 5.56 Å². The smallest absolute Gasteiger partial charge is 0.291 e. The van der Waals surface area contributed by atoms with Crippen LogP contribution < -0.4 is 0 Å². The highest BCUT2D eigenvalue weighted by molar-refractivity contribution is 8.06. The van der Waals surface area contributed by atoms with Crippen molar-refractivity contribution in [2.45, 2.75) is 4.58 Å². The molecule has 0 aliphatic carbocycles. The van der Waals surface area contributed by atoms with Gasteiger partial charge in [0.1, 0.15) is 0 Å². The summed E-state index contributed by atoms with van der Waals surface area (Å²) in [6.45, 7) is -0.915. The molecule has 0 atom stereocenters. The number of hydrogen-bond donors (Lipinski definition) is 0. The lowest BCUT2D eigenvalue weighted by Gasteiger charge is -2.13. The number of fused-ring (bicyclic) bond motifs is 1. The van der Waals surface area contributed by atoms with Crippen molar-refractivity contribution in [1.82, 2.24) is 0 Å². The summed E-state index contributed by atoms with van der Waals surface area (Å²) < 4.78 is 54.9. The summed E-state index contributed by atoms with van der Waals surface area (Å²) in [7, 11) is -9.29. The van der Waals surface area contributed by atoms with Crippen molar-refractivity contribution in [2.24, 2.45) is 0 Å². The summed E-state index contributed by atoms with van der Waals surface area (Å²) in [5.41, 5.74) is -0.0191. The van der Waals surface area contributed by atoms with Crippen molar-refractivity contribution in [3.05, 3.63) is 48.0 Å². The second-order valence-electron chi connectivity index (χ2n) is 4.85. The monoisotopic (exact) mass is 356 g/mol. The van der Waals surface area contributed by atoms with E-state index in [1.165, 1.54) is 6.07 Å². The summed E-state index contributed by atoms with van der Waals surface area (Å²) in [4.78, 5) is 12.7. The first-order valence-electron chi connectivity index (χ1n) is 6.61. The average molecular weight is 356 g/mol. The van der Waals surface area contributed by atoms with Crippen molar-refractivity contribution in [3.63, 3.8) is 0 Å². The van der Waals surface area contributed by atoms with E-state index in [9.17, 15) is 21.6 Å². The first-order chi connectivity index (χ1) is 10.8. The van der Waals surface area contributed by atoms with E-state index in [4.69, 9.17) is 0 Å². The Morgan fingerprint density at radius 3 is 2.09 bits per heavy atom. The molecule has 0 aromatic heterocycles. The van der Waals surface area contributed by atoms with Gasteiger partial charge in [0.2, 0.25) is 5.78 Å². The highest BCUT2D eigenvalue weighted by Gasteiger charge is 2.48. The van der Waals surface area contributed by atoms with Gasteiger partial charge in [-0.05, 0) is 10.8 Å². The van der Waals surface area contributed by atoms with Gasteiger partial charge in [-0.3, -0.25) is 13.2 Å². The summed E-state index contributed by atoms with van der Waals surface area (Å²) in [6.07, 6.45) is 0. The fourth-order valence-corrected chi connectivity index (χ4v) is 5.51. The number of carbonyl (C=O) groups excluding carboxylic acids is 1. The van der Waals surface area contributed by atoms with Crippen LogP contribution in [0.1, 0.15) is 10.4 Å². The maximum atomic E-state index is 12.7. The van der Waals surface area contributed by atoms with E-state index in [1.807, 2.05) is 0 Å². The van der Waals surface area contributed by atoms with Gasteiger partial charge < -0.3 is 0 Å². The largest absolute Gasteiger partial charge is 0.295 e. The molecule has 0 amide bonds. The van der Waals surface area contributed by atoms with Crippen LogP contribution in [0.15, 0.2) is 42.5 Å². The maximum Gasteiger partial charge on any atom is 0.295 e. The fourth-order valence-electron chi connectivity index (χ4n) is 2.40. The Morgan fingerprint density at radius 2 is 1.43 bits per heavy atom. The third kappa shape index (κ3) is 2.88. The molecule has 1 saturated heterocycles. The molecule has 0 saturated carbocycles. The van der Waals surface area contributed by atoms with Gasteiger partial charge in [0, 0.05) is 5.56 Å². The molecule has 7 nitrogen and oxygen atoms in total. The van der Waals surface area contributed by atoms with Gasteiger partial charge >= 0.3 is 0 Å². The average Bonchev–Trinajstić information content (AvgIpc) is 2.61. The standard InChI is InChI=1S/C14H12O7S2/c15-13(12-7-3-5-10-4-1-2-6-11(10)12)14-22(16,17)20-8-9-21-23(14,18)19/h1-7,14H,8-9H2. The van der Waals surface area contributed by atoms with Crippen LogP contribution in [0.4, 0.5) is 0 Å². The second kappa shape index (κ2) is 5.68. The van der Waals surface area contributed by atoms with E-state index in [2.05, 4.69) is 8.37 Å². The van der Waals surface area contributed by atoms with Crippen molar-refractivity contribution < 1.29 is 30.0 Å². The number of hydrogen-bond acceptors (Lipinski definition) is 7. The minimum atomic E-state index is -4.65. The van der Waals surface area contributed by atoms with Gasteiger partial charge in [-0.2, -0.15) is 16.8 Å². The molecule has 0 bridgehead atoms. The molecule has 9 heteroatoms. The quantitative estimate of drug-likeness (QED) is 0.585. The SMILES string of the molecule is O=C(c1cccc2ccccc12)C1S(=O)(=O)OCCOS1(=O)=O. The molecule has 1 aliphatic heterocycles. The molecule has 0 unspecified atom stereocenters. The second-order valence-corrected chi connectivity index (χ2v) is 8.54. The Balaban J connectivity index is 2.21. The normalized spacial score (nSPS) is 20.9. The minimum Gasteiger partial charge on any atom is -0.291 e. The Kier molecular flexibility index (Phi) is 3.96. The van der Waals surface area contributed by atoms with Crippen LogP contribution in [0.25, 0.3) is 10.8 Å². The molecule has 2 aromatic rings. The molecule has 23 heavy (non-hydrogen) atoms. The van der Waals surface area contributed by atoms with Gasteiger partial charge in [0.25, 0.3) is 24.8 Å². The first-order valence-corrected chi connectivity index (χ1v) is 9.56. The molecule has 122 valence electrons. The van der Waals surface area contributed by atoms with E-state index in [0.29, 0.717) is 10.8 Å².